The zero-order valence-electron chi connectivity index (χ0n) is 18.3. The molecule has 1 amide bonds. The third-order valence-corrected chi connectivity index (χ3v) is 22.7. The van der Waals surface area contributed by atoms with E-state index < -0.39 is 24.0 Å². The standard InChI is InChI=1S/C9H18NO2.3C4H9.Sn/c1-7(2)6-10-8(11)12-9(3,4)5;3*1-3-4-2;/h6-7H,1-5H3,(H,10,11);3*1,3-4H2,2H3;. The van der Waals surface area contributed by atoms with Gasteiger partial charge in [0.25, 0.3) is 0 Å². The molecule has 0 saturated carbocycles. The number of amides is 1. The zero-order chi connectivity index (χ0) is 19.5. The molecule has 25 heavy (non-hydrogen) atoms. The Balaban J connectivity index is 5.51. The minimum atomic E-state index is -2.52. The number of hydrogen-bond donors (Lipinski definition) is 1. The van der Waals surface area contributed by atoms with Crippen molar-refractivity contribution in [1.29, 1.82) is 0 Å². The van der Waals surface area contributed by atoms with Gasteiger partial charge in [-0.25, -0.2) is 0 Å². The van der Waals surface area contributed by atoms with E-state index in [1.165, 1.54) is 51.8 Å². The predicted molar refractivity (Wildman–Crippen MR) is 113 cm³/mol. The van der Waals surface area contributed by atoms with Gasteiger partial charge in [0.05, 0.1) is 0 Å². The van der Waals surface area contributed by atoms with E-state index in [0.717, 1.165) is 0 Å². The number of nitrogens with one attached hydrogen (secondary N) is 1. The monoisotopic (exact) mass is 463 g/mol. The van der Waals surface area contributed by atoms with Gasteiger partial charge in [-0.1, -0.05) is 0 Å². The summed E-state index contributed by atoms with van der Waals surface area (Å²) in [6, 6.07) is 0. The molecule has 0 saturated heterocycles. The number of carbonyl (C=O) groups is 1. The molecule has 0 rings (SSSR count). The van der Waals surface area contributed by atoms with E-state index in [4.69, 9.17) is 4.74 Å². The molecule has 0 fully saturated rings. The Labute approximate surface area is 161 Å². The molecule has 0 spiro atoms. The van der Waals surface area contributed by atoms with Crippen LogP contribution in [0, 0.1) is 5.92 Å². The first kappa shape index (κ1) is 25.1. The van der Waals surface area contributed by atoms with Crippen molar-refractivity contribution in [1.82, 2.24) is 5.32 Å². The van der Waals surface area contributed by atoms with Crippen molar-refractivity contribution in [2.75, 3.05) is 0 Å². The van der Waals surface area contributed by atoms with Crippen LogP contribution in [0.1, 0.15) is 93.9 Å². The van der Waals surface area contributed by atoms with Crippen molar-refractivity contribution >= 4 is 24.5 Å². The summed E-state index contributed by atoms with van der Waals surface area (Å²) in [5.74, 6) is 0.494. The predicted octanol–water partition coefficient (Wildman–Crippen LogP) is 6.92. The van der Waals surface area contributed by atoms with Gasteiger partial charge in [0.15, 0.2) is 0 Å². The molecule has 0 heterocycles. The van der Waals surface area contributed by atoms with Gasteiger partial charge in [-0.15, -0.1) is 0 Å². The molecule has 0 aromatic carbocycles. The van der Waals surface area contributed by atoms with Gasteiger partial charge < -0.3 is 0 Å². The molecule has 0 aliphatic rings. The summed E-state index contributed by atoms with van der Waals surface area (Å²) in [5, 5.41) is 3.37. The van der Waals surface area contributed by atoms with Crippen LogP contribution in [0.5, 0.6) is 0 Å². The third kappa shape index (κ3) is 10.1. The molecular formula is C21H45NO2Sn. The van der Waals surface area contributed by atoms with Crippen LogP contribution < -0.4 is 5.32 Å². The molecule has 4 heteroatoms. The molecule has 150 valence electrons. The molecule has 1 N–H and O–H groups in total. The number of hydrogen-bond acceptors (Lipinski definition) is 2. The Morgan fingerprint density at radius 2 is 1.32 bits per heavy atom. The average molecular weight is 462 g/mol. The average Bonchev–Trinajstić information content (AvgIpc) is 2.50. The fourth-order valence-electron chi connectivity index (χ4n) is 3.89. The van der Waals surface area contributed by atoms with Crippen LogP contribution in [0.25, 0.3) is 0 Å². The quantitative estimate of drug-likeness (QED) is 0.320. The zero-order valence-corrected chi connectivity index (χ0v) is 21.2. The Morgan fingerprint density at radius 3 is 1.60 bits per heavy atom. The summed E-state index contributed by atoms with van der Waals surface area (Å²) in [6.45, 7) is 17.3. The number of rotatable bonds is 12. The summed E-state index contributed by atoms with van der Waals surface area (Å²) in [7, 11) is 0. The fraction of sp³-hybridized carbons (Fsp3) is 0.952. The van der Waals surface area contributed by atoms with Crippen LogP contribution in [-0.2, 0) is 4.74 Å². The van der Waals surface area contributed by atoms with Crippen molar-refractivity contribution in [2.24, 2.45) is 5.92 Å². The van der Waals surface area contributed by atoms with Gasteiger partial charge in [0.1, 0.15) is 0 Å². The summed E-state index contributed by atoms with van der Waals surface area (Å²) in [4.78, 5) is 12.5. The molecule has 0 aromatic heterocycles. The summed E-state index contributed by atoms with van der Waals surface area (Å²) >= 11 is -2.52. The van der Waals surface area contributed by atoms with E-state index in [1.807, 2.05) is 20.8 Å². The van der Waals surface area contributed by atoms with Crippen molar-refractivity contribution in [3.05, 3.63) is 0 Å². The number of alkyl carbamates (subject to hydrolysis) is 1. The molecule has 0 radical (unpaired) electrons. The van der Waals surface area contributed by atoms with Crippen molar-refractivity contribution < 1.29 is 9.53 Å². The molecular weight excluding hydrogens is 417 g/mol. The summed E-state index contributed by atoms with van der Waals surface area (Å²) < 4.78 is 10.2. The van der Waals surface area contributed by atoms with Crippen LogP contribution in [-0.4, -0.2) is 34.1 Å². The van der Waals surface area contributed by atoms with Crippen LogP contribution in [0.4, 0.5) is 4.79 Å². The second-order valence-corrected chi connectivity index (χ2v) is 22.9. The van der Waals surface area contributed by atoms with E-state index in [-0.39, 0.29) is 6.09 Å². The first-order valence-corrected chi connectivity index (χ1v) is 18.3. The molecule has 3 nitrogen and oxygen atoms in total. The van der Waals surface area contributed by atoms with Gasteiger partial charge in [-0.3, -0.25) is 0 Å². The Morgan fingerprint density at radius 1 is 0.920 bits per heavy atom. The van der Waals surface area contributed by atoms with E-state index in [0.29, 0.717) is 9.98 Å². The SMILES string of the molecule is CCC[CH2][Sn]([CH2]CCC)([CH2]CCC)[CH](NC(=O)OC(C)(C)C)C(C)C. The van der Waals surface area contributed by atoms with E-state index in [9.17, 15) is 4.79 Å². The number of unbranched alkanes of at least 4 members (excludes halogenated alkanes) is 3. The third-order valence-electron chi connectivity index (χ3n) is 5.08. The number of carbonyl (C=O) groups excluding carboxylic acids is 1. The second kappa shape index (κ2) is 12.5. The van der Waals surface area contributed by atoms with Gasteiger partial charge in [0.2, 0.25) is 0 Å². The Bertz CT molecular complexity index is 342. The topological polar surface area (TPSA) is 38.3 Å². The van der Waals surface area contributed by atoms with Gasteiger partial charge >= 0.3 is 162 Å². The maximum atomic E-state index is 12.5. The molecule has 1 unspecified atom stereocenters. The van der Waals surface area contributed by atoms with Crippen LogP contribution >= 0.6 is 0 Å². The van der Waals surface area contributed by atoms with Crippen LogP contribution in [0.3, 0.4) is 0 Å². The minimum absolute atomic E-state index is 0.211. The van der Waals surface area contributed by atoms with Crippen molar-refractivity contribution in [3.63, 3.8) is 0 Å². The van der Waals surface area contributed by atoms with Gasteiger partial charge in [0, 0.05) is 0 Å². The van der Waals surface area contributed by atoms with Crippen LogP contribution in [0.2, 0.25) is 13.3 Å². The fourth-order valence-corrected chi connectivity index (χ4v) is 23.0. The van der Waals surface area contributed by atoms with Gasteiger partial charge in [-0.2, -0.15) is 0 Å². The Hall–Kier alpha value is 0.0687. The first-order chi connectivity index (χ1) is 11.6. The number of ether oxygens (including phenoxy) is 1. The van der Waals surface area contributed by atoms with E-state index in [1.54, 1.807) is 0 Å². The molecule has 0 aliphatic heterocycles. The normalized spacial score (nSPS) is 13.8. The van der Waals surface area contributed by atoms with E-state index >= 15 is 0 Å². The maximum absolute atomic E-state index is 12.5. The first-order valence-electron chi connectivity index (χ1n) is 10.6. The molecule has 0 bridgehead atoms. The molecule has 0 aromatic rings. The van der Waals surface area contributed by atoms with E-state index in [2.05, 4.69) is 39.9 Å². The summed E-state index contributed by atoms with van der Waals surface area (Å²) in [6.07, 6.45) is 7.53. The van der Waals surface area contributed by atoms with Crippen molar-refractivity contribution in [3.8, 4) is 0 Å². The Kier molecular flexibility index (Phi) is 12.5. The van der Waals surface area contributed by atoms with Crippen molar-refractivity contribution in [2.45, 2.75) is 117 Å². The molecule has 0 aliphatic carbocycles. The summed E-state index contributed by atoms with van der Waals surface area (Å²) in [5.41, 5.74) is -0.431. The van der Waals surface area contributed by atoms with Gasteiger partial charge in [-0.05, 0) is 0 Å². The molecule has 1 atom stereocenters. The second-order valence-electron chi connectivity index (χ2n) is 9.04. The van der Waals surface area contributed by atoms with Crippen LogP contribution in [0.15, 0.2) is 0 Å².